The van der Waals surface area contributed by atoms with E-state index in [1.54, 1.807) is 4.90 Å². The number of benzene rings is 1. The number of carbonyl (C=O) groups excluding carboxylic acids is 1. The summed E-state index contributed by atoms with van der Waals surface area (Å²) >= 11 is 0. The molecule has 0 bridgehead atoms. The smallest absolute Gasteiger partial charge is 0.409 e. The summed E-state index contributed by atoms with van der Waals surface area (Å²) in [4.78, 5) is 25.2. The molecule has 2 aliphatic rings. The molecule has 1 aromatic heterocycles. The standard InChI is InChI=1S/C29H45N7O2/c1-3-38-29(37)36-18-16-35(17-19-36)27-20-23(2)33-28(34-27)32-22-25-12-10-24(11-13-25)21-30-14-7-15-31-26-8-5-4-6-9-26/h10-13,20,26,30-31H,3-9,14-19,21-22H2,1-2H3,(H,32,33,34). The number of piperazine rings is 1. The minimum atomic E-state index is -0.239. The average Bonchev–Trinajstić information content (AvgIpc) is 2.95. The van der Waals surface area contributed by atoms with Crippen LogP contribution in [0.25, 0.3) is 0 Å². The van der Waals surface area contributed by atoms with Crippen LogP contribution in [0.5, 0.6) is 0 Å². The van der Waals surface area contributed by atoms with Gasteiger partial charge in [0.05, 0.1) is 6.61 Å². The second-order valence-electron chi connectivity index (χ2n) is 10.4. The summed E-state index contributed by atoms with van der Waals surface area (Å²) in [5, 5.41) is 10.7. The number of ether oxygens (including phenoxy) is 1. The van der Waals surface area contributed by atoms with E-state index in [2.05, 4.69) is 50.1 Å². The van der Waals surface area contributed by atoms with Crippen LogP contribution in [0.3, 0.4) is 0 Å². The first kappa shape index (κ1) is 28.1. The SMILES string of the molecule is CCOC(=O)N1CCN(c2cc(C)nc(NCc3ccc(CNCCCNC4CCCCC4)cc3)n2)CC1. The molecule has 1 aromatic carbocycles. The van der Waals surface area contributed by atoms with Gasteiger partial charge >= 0.3 is 6.09 Å². The zero-order valence-corrected chi connectivity index (χ0v) is 23.2. The molecule has 1 amide bonds. The molecule has 3 N–H and O–H groups in total. The van der Waals surface area contributed by atoms with E-state index in [1.165, 1.54) is 43.2 Å². The predicted octanol–water partition coefficient (Wildman–Crippen LogP) is 4.08. The summed E-state index contributed by atoms with van der Waals surface area (Å²) in [7, 11) is 0. The van der Waals surface area contributed by atoms with E-state index in [-0.39, 0.29) is 6.09 Å². The lowest BCUT2D eigenvalue weighted by Crippen LogP contribution is -2.49. The third-order valence-corrected chi connectivity index (χ3v) is 7.34. The molecule has 0 atom stereocenters. The Labute approximate surface area is 227 Å². The fourth-order valence-corrected chi connectivity index (χ4v) is 5.14. The molecule has 1 aliphatic carbocycles. The van der Waals surface area contributed by atoms with E-state index in [4.69, 9.17) is 9.72 Å². The van der Waals surface area contributed by atoms with Gasteiger partial charge in [0.2, 0.25) is 5.95 Å². The first-order valence-corrected chi connectivity index (χ1v) is 14.4. The summed E-state index contributed by atoms with van der Waals surface area (Å²) in [5.74, 6) is 1.51. The molecule has 1 saturated heterocycles. The highest BCUT2D eigenvalue weighted by Gasteiger charge is 2.23. The number of aromatic nitrogens is 2. The van der Waals surface area contributed by atoms with Crippen LogP contribution in [0.15, 0.2) is 30.3 Å². The highest BCUT2D eigenvalue weighted by molar-refractivity contribution is 5.68. The lowest BCUT2D eigenvalue weighted by Gasteiger charge is -2.34. The van der Waals surface area contributed by atoms with Gasteiger partial charge in [0, 0.05) is 57.1 Å². The van der Waals surface area contributed by atoms with Crippen LogP contribution >= 0.6 is 0 Å². The van der Waals surface area contributed by atoms with Crippen molar-refractivity contribution in [1.29, 1.82) is 0 Å². The molecular weight excluding hydrogens is 478 g/mol. The number of carbonyl (C=O) groups is 1. The van der Waals surface area contributed by atoms with Gasteiger partial charge in [0.15, 0.2) is 0 Å². The lowest BCUT2D eigenvalue weighted by atomic mass is 9.95. The Morgan fingerprint density at radius 3 is 2.39 bits per heavy atom. The maximum Gasteiger partial charge on any atom is 0.409 e. The molecule has 4 rings (SSSR count). The molecule has 38 heavy (non-hydrogen) atoms. The zero-order valence-electron chi connectivity index (χ0n) is 23.2. The molecule has 2 aromatic rings. The Hall–Kier alpha value is -2.91. The molecule has 208 valence electrons. The monoisotopic (exact) mass is 523 g/mol. The largest absolute Gasteiger partial charge is 0.450 e. The molecule has 0 radical (unpaired) electrons. The Balaban J connectivity index is 1.17. The number of aryl methyl sites for hydroxylation is 1. The van der Waals surface area contributed by atoms with Gasteiger partial charge in [-0.25, -0.2) is 9.78 Å². The van der Waals surface area contributed by atoms with Gasteiger partial charge in [0.1, 0.15) is 5.82 Å². The van der Waals surface area contributed by atoms with Crippen molar-refractivity contribution >= 4 is 17.9 Å². The number of amides is 1. The van der Waals surface area contributed by atoms with Crippen molar-refractivity contribution in [3.8, 4) is 0 Å². The Bertz CT molecular complexity index is 987. The maximum atomic E-state index is 12.0. The average molecular weight is 524 g/mol. The van der Waals surface area contributed by atoms with E-state index < -0.39 is 0 Å². The normalized spacial score (nSPS) is 16.5. The number of rotatable bonds is 12. The van der Waals surface area contributed by atoms with Crippen molar-refractivity contribution in [2.45, 2.75) is 71.5 Å². The summed E-state index contributed by atoms with van der Waals surface area (Å²) in [6.45, 7) is 10.6. The second kappa shape index (κ2) is 14.9. The fraction of sp³-hybridized carbons (Fsp3) is 0.621. The lowest BCUT2D eigenvalue weighted by molar-refractivity contribution is 0.105. The summed E-state index contributed by atoms with van der Waals surface area (Å²) in [5.41, 5.74) is 3.41. The maximum absolute atomic E-state index is 12.0. The van der Waals surface area contributed by atoms with Gasteiger partial charge < -0.3 is 30.5 Å². The summed E-state index contributed by atoms with van der Waals surface area (Å²) in [6.07, 6.45) is 7.81. The number of nitrogens with zero attached hydrogens (tertiary/aromatic N) is 4. The predicted molar refractivity (Wildman–Crippen MR) is 153 cm³/mol. The van der Waals surface area contributed by atoms with E-state index in [1.807, 2.05) is 19.9 Å². The van der Waals surface area contributed by atoms with Crippen LogP contribution in [0.1, 0.15) is 62.3 Å². The van der Waals surface area contributed by atoms with Crippen molar-refractivity contribution in [1.82, 2.24) is 25.5 Å². The van der Waals surface area contributed by atoms with Gasteiger partial charge in [-0.2, -0.15) is 4.98 Å². The van der Waals surface area contributed by atoms with Crippen LogP contribution in [0.2, 0.25) is 0 Å². The molecule has 9 heteroatoms. The topological polar surface area (TPSA) is 94.7 Å². The molecule has 0 unspecified atom stereocenters. The number of hydrogen-bond donors (Lipinski definition) is 3. The first-order valence-electron chi connectivity index (χ1n) is 14.4. The van der Waals surface area contributed by atoms with Crippen molar-refractivity contribution in [2.24, 2.45) is 0 Å². The van der Waals surface area contributed by atoms with Crippen molar-refractivity contribution < 1.29 is 9.53 Å². The van der Waals surface area contributed by atoms with Gasteiger partial charge in [-0.05, 0) is 57.3 Å². The minimum absolute atomic E-state index is 0.239. The molecule has 1 aliphatic heterocycles. The molecule has 0 spiro atoms. The summed E-state index contributed by atoms with van der Waals surface area (Å²) in [6, 6.07) is 11.5. The zero-order chi connectivity index (χ0) is 26.6. The molecule has 1 saturated carbocycles. The molecular formula is C29H45N7O2. The van der Waals surface area contributed by atoms with E-state index in [0.717, 1.165) is 56.7 Å². The van der Waals surface area contributed by atoms with Crippen LogP contribution in [-0.4, -0.2) is 72.9 Å². The van der Waals surface area contributed by atoms with E-state index in [0.29, 0.717) is 32.2 Å². The Morgan fingerprint density at radius 1 is 0.974 bits per heavy atom. The molecule has 2 heterocycles. The second-order valence-corrected chi connectivity index (χ2v) is 10.4. The van der Waals surface area contributed by atoms with Gasteiger partial charge in [-0.15, -0.1) is 0 Å². The van der Waals surface area contributed by atoms with Crippen molar-refractivity contribution in [2.75, 3.05) is 56.1 Å². The van der Waals surface area contributed by atoms with E-state index in [9.17, 15) is 4.79 Å². The highest BCUT2D eigenvalue weighted by Crippen LogP contribution is 2.19. The van der Waals surface area contributed by atoms with Crippen LogP contribution in [0, 0.1) is 6.92 Å². The summed E-state index contributed by atoms with van der Waals surface area (Å²) < 4.78 is 5.12. The number of nitrogens with one attached hydrogen (secondary N) is 3. The van der Waals surface area contributed by atoms with Crippen LogP contribution in [-0.2, 0) is 17.8 Å². The molecule has 9 nitrogen and oxygen atoms in total. The van der Waals surface area contributed by atoms with Crippen molar-refractivity contribution in [3.63, 3.8) is 0 Å². The third-order valence-electron chi connectivity index (χ3n) is 7.34. The van der Waals surface area contributed by atoms with Crippen molar-refractivity contribution in [3.05, 3.63) is 47.2 Å². The minimum Gasteiger partial charge on any atom is -0.450 e. The van der Waals surface area contributed by atoms with Crippen LogP contribution in [0.4, 0.5) is 16.6 Å². The third kappa shape index (κ3) is 8.84. The van der Waals surface area contributed by atoms with Gasteiger partial charge in [-0.1, -0.05) is 43.5 Å². The fourth-order valence-electron chi connectivity index (χ4n) is 5.14. The highest BCUT2D eigenvalue weighted by atomic mass is 16.6. The van der Waals surface area contributed by atoms with Crippen LogP contribution < -0.4 is 20.9 Å². The van der Waals surface area contributed by atoms with Gasteiger partial charge in [-0.3, -0.25) is 0 Å². The van der Waals surface area contributed by atoms with E-state index >= 15 is 0 Å². The van der Waals surface area contributed by atoms with Gasteiger partial charge in [0.25, 0.3) is 0 Å². The Morgan fingerprint density at radius 2 is 1.68 bits per heavy atom. The Kier molecular flexibility index (Phi) is 11.0. The number of anilines is 2. The number of hydrogen-bond acceptors (Lipinski definition) is 8. The first-order chi connectivity index (χ1) is 18.6. The molecule has 2 fully saturated rings. The quantitative estimate of drug-likeness (QED) is 0.359.